The van der Waals surface area contributed by atoms with E-state index in [1.54, 1.807) is 0 Å². The van der Waals surface area contributed by atoms with Gasteiger partial charge in [-0.15, -0.1) is 0 Å². The van der Waals surface area contributed by atoms with E-state index in [1.807, 2.05) is 7.11 Å². The summed E-state index contributed by atoms with van der Waals surface area (Å²) in [5.41, 5.74) is 0.587. The molecule has 0 saturated heterocycles. The van der Waals surface area contributed by atoms with Crippen molar-refractivity contribution in [3.8, 4) is 0 Å². The van der Waals surface area contributed by atoms with Crippen molar-refractivity contribution in [1.82, 2.24) is 0 Å². The summed E-state index contributed by atoms with van der Waals surface area (Å²) in [5, 5.41) is 0. The van der Waals surface area contributed by atoms with E-state index in [2.05, 4.69) is 27.7 Å². The van der Waals surface area contributed by atoms with Gasteiger partial charge in [0.05, 0.1) is 5.60 Å². The lowest BCUT2D eigenvalue weighted by atomic mass is 9.66. The van der Waals surface area contributed by atoms with E-state index in [0.29, 0.717) is 5.41 Å². The Morgan fingerprint density at radius 2 is 1.75 bits per heavy atom. The molecule has 0 bridgehead atoms. The van der Waals surface area contributed by atoms with Crippen molar-refractivity contribution in [3.05, 3.63) is 0 Å². The molecule has 1 rings (SSSR count). The molecule has 0 aliphatic heterocycles. The van der Waals surface area contributed by atoms with Gasteiger partial charge >= 0.3 is 0 Å². The summed E-state index contributed by atoms with van der Waals surface area (Å²) in [6.07, 6.45) is 3.75. The molecule has 0 aromatic carbocycles. The predicted molar refractivity (Wildman–Crippen MR) is 52.2 cm³/mol. The highest BCUT2D eigenvalue weighted by molar-refractivity contribution is 4.91. The van der Waals surface area contributed by atoms with Gasteiger partial charge in [0.2, 0.25) is 0 Å². The predicted octanol–water partition coefficient (Wildman–Crippen LogP) is 3.24. The minimum absolute atomic E-state index is 0.126. The van der Waals surface area contributed by atoms with Gasteiger partial charge in [0.15, 0.2) is 0 Å². The maximum Gasteiger partial charge on any atom is 0.0658 e. The van der Waals surface area contributed by atoms with Crippen LogP contribution in [-0.2, 0) is 4.74 Å². The summed E-state index contributed by atoms with van der Waals surface area (Å²) >= 11 is 0. The van der Waals surface area contributed by atoms with Crippen LogP contribution in [0.4, 0.5) is 0 Å². The molecule has 72 valence electrons. The van der Waals surface area contributed by atoms with Crippen molar-refractivity contribution in [2.24, 2.45) is 11.3 Å². The van der Waals surface area contributed by atoms with E-state index in [9.17, 15) is 0 Å². The van der Waals surface area contributed by atoms with Crippen LogP contribution in [0.5, 0.6) is 0 Å². The molecule has 0 aromatic heterocycles. The Labute approximate surface area is 76.5 Å². The van der Waals surface area contributed by atoms with E-state index >= 15 is 0 Å². The molecule has 1 nitrogen and oxygen atoms in total. The topological polar surface area (TPSA) is 9.23 Å². The minimum Gasteiger partial charge on any atom is -0.378 e. The first-order chi connectivity index (χ1) is 5.37. The summed E-state index contributed by atoms with van der Waals surface area (Å²) < 4.78 is 5.58. The van der Waals surface area contributed by atoms with E-state index in [0.717, 1.165) is 5.92 Å². The highest BCUT2D eigenvalue weighted by atomic mass is 16.5. The smallest absolute Gasteiger partial charge is 0.0658 e. The summed E-state index contributed by atoms with van der Waals surface area (Å²) in [4.78, 5) is 0. The molecular formula is C11H22O. The number of methoxy groups -OCH3 is 1. The van der Waals surface area contributed by atoms with E-state index in [4.69, 9.17) is 4.74 Å². The minimum atomic E-state index is 0.126. The molecular weight excluding hydrogens is 148 g/mol. The van der Waals surface area contributed by atoms with Gasteiger partial charge in [0, 0.05) is 7.11 Å². The molecule has 1 aliphatic carbocycles. The fourth-order valence-electron chi connectivity index (χ4n) is 3.06. The fourth-order valence-corrected chi connectivity index (χ4v) is 3.06. The van der Waals surface area contributed by atoms with Crippen LogP contribution in [0, 0.1) is 11.3 Å². The number of ether oxygens (including phenoxy) is 1. The van der Waals surface area contributed by atoms with Gasteiger partial charge in [-0.25, -0.2) is 0 Å². The van der Waals surface area contributed by atoms with Gasteiger partial charge < -0.3 is 4.74 Å². The van der Waals surface area contributed by atoms with Crippen molar-refractivity contribution in [3.63, 3.8) is 0 Å². The number of rotatable bonds is 1. The quantitative estimate of drug-likeness (QED) is 0.587. The second kappa shape index (κ2) is 3.02. The van der Waals surface area contributed by atoms with Crippen molar-refractivity contribution < 1.29 is 4.74 Å². The Morgan fingerprint density at radius 1 is 1.17 bits per heavy atom. The van der Waals surface area contributed by atoms with E-state index in [-0.39, 0.29) is 5.60 Å². The monoisotopic (exact) mass is 170 g/mol. The average Bonchev–Trinajstić information content (AvgIpc) is 1.82. The third-order valence-corrected chi connectivity index (χ3v) is 3.03. The van der Waals surface area contributed by atoms with Crippen molar-refractivity contribution in [2.75, 3.05) is 7.11 Å². The number of hydrogen-bond acceptors (Lipinski definition) is 1. The van der Waals surface area contributed by atoms with Gasteiger partial charge in [-0.1, -0.05) is 20.8 Å². The molecule has 2 unspecified atom stereocenters. The first-order valence-corrected chi connectivity index (χ1v) is 4.92. The van der Waals surface area contributed by atoms with Crippen LogP contribution in [0.3, 0.4) is 0 Å². The molecule has 1 heteroatoms. The lowest BCUT2D eigenvalue weighted by Gasteiger charge is -2.44. The third kappa shape index (κ3) is 2.22. The first-order valence-electron chi connectivity index (χ1n) is 4.92. The maximum atomic E-state index is 5.58. The standard InChI is InChI=1S/C11H22O/c1-9-6-10(2,3)8-11(4,7-9)12-5/h9H,6-8H2,1-5H3. The van der Waals surface area contributed by atoms with Crippen molar-refractivity contribution >= 4 is 0 Å². The highest BCUT2D eigenvalue weighted by Gasteiger charge is 2.39. The average molecular weight is 170 g/mol. The Kier molecular flexibility index (Phi) is 2.53. The Hall–Kier alpha value is -0.0400. The largest absolute Gasteiger partial charge is 0.378 e. The van der Waals surface area contributed by atoms with E-state index < -0.39 is 0 Å². The first kappa shape index (κ1) is 10.0. The molecule has 0 N–H and O–H groups in total. The van der Waals surface area contributed by atoms with Gasteiger partial charge in [-0.3, -0.25) is 0 Å². The fraction of sp³-hybridized carbons (Fsp3) is 1.00. The van der Waals surface area contributed by atoms with Gasteiger partial charge in [-0.2, -0.15) is 0 Å². The molecule has 1 aliphatic rings. The summed E-state index contributed by atoms with van der Waals surface area (Å²) in [7, 11) is 1.84. The molecule has 0 aromatic rings. The second-order valence-corrected chi connectivity index (χ2v) is 5.51. The molecule has 0 amide bonds. The lowest BCUT2D eigenvalue weighted by molar-refractivity contribution is -0.0747. The van der Waals surface area contributed by atoms with Crippen LogP contribution < -0.4 is 0 Å². The molecule has 0 spiro atoms. The zero-order valence-corrected chi connectivity index (χ0v) is 9.11. The van der Waals surface area contributed by atoms with Gasteiger partial charge in [-0.05, 0) is 37.5 Å². The highest BCUT2D eigenvalue weighted by Crippen LogP contribution is 2.44. The van der Waals surface area contributed by atoms with Crippen LogP contribution in [0.1, 0.15) is 47.0 Å². The molecule has 0 heterocycles. The Balaban J connectivity index is 2.70. The van der Waals surface area contributed by atoms with Crippen LogP contribution >= 0.6 is 0 Å². The third-order valence-electron chi connectivity index (χ3n) is 3.03. The number of hydrogen-bond donors (Lipinski definition) is 0. The summed E-state index contributed by atoms with van der Waals surface area (Å²) in [5.74, 6) is 0.804. The Bertz CT molecular complexity index is 162. The van der Waals surface area contributed by atoms with Gasteiger partial charge in [0.1, 0.15) is 0 Å². The van der Waals surface area contributed by atoms with E-state index in [1.165, 1.54) is 19.3 Å². The SMILES string of the molecule is COC1(C)CC(C)CC(C)(C)C1. The molecule has 12 heavy (non-hydrogen) atoms. The second-order valence-electron chi connectivity index (χ2n) is 5.51. The van der Waals surface area contributed by atoms with Crippen LogP contribution in [0.25, 0.3) is 0 Å². The molecule has 1 saturated carbocycles. The molecule has 1 fully saturated rings. The van der Waals surface area contributed by atoms with Crippen molar-refractivity contribution in [2.45, 2.75) is 52.6 Å². The maximum absolute atomic E-state index is 5.58. The normalized spacial score (nSPS) is 41.2. The summed E-state index contributed by atoms with van der Waals surface area (Å²) in [6.45, 7) is 9.27. The lowest BCUT2D eigenvalue weighted by Crippen LogP contribution is -2.41. The molecule has 2 atom stereocenters. The van der Waals surface area contributed by atoms with Crippen LogP contribution in [0.15, 0.2) is 0 Å². The van der Waals surface area contributed by atoms with Crippen molar-refractivity contribution in [1.29, 1.82) is 0 Å². The zero-order chi connectivity index (χ0) is 9.41. The molecule has 0 radical (unpaired) electrons. The Morgan fingerprint density at radius 3 is 2.17 bits per heavy atom. The van der Waals surface area contributed by atoms with Crippen LogP contribution in [0.2, 0.25) is 0 Å². The van der Waals surface area contributed by atoms with Gasteiger partial charge in [0.25, 0.3) is 0 Å². The summed E-state index contributed by atoms with van der Waals surface area (Å²) in [6, 6.07) is 0. The van der Waals surface area contributed by atoms with Crippen LogP contribution in [-0.4, -0.2) is 12.7 Å². The zero-order valence-electron chi connectivity index (χ0n) is 9.11.